The van der Waals surface area contributed by atoms with Crippen LogP contribution in [0, 0.1) is 5.41 Å². The van der Waals surface area contributed by atoms with Crippen molar-refractivity contribution < 1.29 is 4.79 Å². The number of rotatable bonds is 6. The quantitative estimate of drug-likeness (QED) is 0.773. The molecule has 0 aliphatic carbocycles. The fraction of sp³-hybridized carbons (Fsp3) is 0.929. The number of hydrogen-bond acceptors (Lipinski definition) is 2. The Morgan fingerprint density at radius 2 is 2.00 bits per heavy atom. The normalized spacial score (nSPS) is 19.0. The topological polar surface area (TPSA) is 32.3 Å². The van der Waals surface area contributed by atoms with E-state index in [0.29, 0.717) is 23.8 Å². The molecule has 17 heavy (non-hydrogen) atoms. The second-order valence-electron chi connectivity index (χ2n) is 5.63. The molecule has 0 bridgehead atoms. The first kappa shape index (κ1) is 14.5. The third-order valence-corrected chi connectivity index (χ3v) is 4.18. The summed E-state index contributed by atoms with van der Waals surface area (Å²) in [4.78, 5) is 14.1. The summed E-state index contributed by atoms with van der Waals surface area (Å²) in [5.74, 6) is 0.321. The highest BCUT2D eigenvalue weighted by Gasteiger charge is 2.36. The number of amides is 1. The van der Waals surface area contributed by atoms with E-state index < -0.39 is 0 Å². The van der Waals surface area contributed by atoms with Crippen molar-refractivity contribution in [3.8, 4) is 0 Å². The van der Waals surface area contributed by atoms with Gasteiger partial charge < -0.3 is 10.2 Å². The molecule has 1 N–H and O–H groups in total. The Balaban J connectivity index is 2.35. The van der Waals surface area contributed by atoms with Crippen molar-refractivity contribution in [3.63, 3.8) is 0 Å². The molecular weight excluding hydrogens is 212 g/mol. The van der Waals surface area contributed by atoms with Gasteiger partial charge >= 0.3 is 0 Å². The largest absolute Gasteiger partial charge is 0.342 e. The zero-order chi connectivity index (χ0) is 12.9. The summed E-state index contributed by atoms with van der Waals surface area (Å²) >= 11 is 0. The number of nitrogens with zero attached hydrogens (tertiary/aromatic N) is 1. The minimum atomic E-state index is 0.321. The Kier molecular flexibility index (Phi) is 5.44. The Morgan fingerprint density at radius 3 is 2.47 bits per heavy atom. The van der Waals surface area contributed by atoms with Crippen LogP contribution in [0.25, 0.3) is 0 Å². The predicted octanol–water partition coefficient (Wildman–Crippen LogP) is 2.41. The van der Waals surface area contributed by atoms with Gasteiger partial charge in [0.1, 0.15) is 0 Å². The number of carbonyl (C=O) groups is 1. The van der Waals surface area contributed by atoms with Crippen molar-refractivity contribution in [1.29, 1.82) is 0 Å². The number of nitrogens with one attached hydrogen (secondary N) is 1. The van der Waals surface area contributed by atoms with E-state index in [-0.39, 0.29) is 0 Å². The number of likely N-dealkylation sites (tertiary alicyclic amines) is 1. The molecule has 1 rings (SSSR count). The minimum Gasteiger partial charge on any atom is -0.342 e. The molecule has 0 atom stereocenters. The van der Waals surface area contributed by atoms with Crippen LogP contribution in [-0.4, -0.2) is 36.5 Å². The van der Waals surface area contributed by atoms with Gasteiger partial charge in [0.25, 0.3) is 0 Å². The Hall–Kier alpha value is -0.570. The molecule has 1 fully saturated rings. The van der Waals surface area contributed by atoms with Crippen LogP contribution in [0.2, 0.25) is 0 Å². The Bertz CT molecular complexity index is 247. The van der Waals surface area contributed by atoms with Crippen LogP contribution in [0.5, 0.6) is 0 Å². The molecule has 3 nitrogen and oxygen atoms in total. The van der Waals surface area contributed by atoms with Gasteiger partial charge in [-0.2, -0.15) is 0 Å². The summed E-state index contributed by atoms with van der Waals surface area (Å²) in [5, 5.41) is 3.30. The molecule has 1 saturated heterocycles. The summed E-state index contributed by atoms with van der Waals surface area (Å²) in [6.45, 7) is 11.5. The zero-order valence-corrected chi connectivity index (χ0v) is 11.9. The Morgan fingerprint density at radius 1 is 1.35 bits per heavy atom. The molecule has 0 aromatic carbocycles. The van der Waals surface area contributed by atoms with Crippen molar-refractivity contribution >= 4 is 5.91 Å². The van der Waals surface area contributed by atoms with E-state index in [2.05, 4.69) is 37.9 Å². The molecule has 0 aromatic rings. The first-order valence-electron chi connectivity index (χ1n) is 7.04. The van der Waals surface area contributed by atoms with E-state index >= 15 is 0 Å². The maximum atomic E-state index is 12.0. The van der Waals surface area contributed by atoms with Gasteiger partial charge in [-0.25, -0.2) is 0 Å². The van der Waals surface area contributed by atoms with Crippen molar-refractivity contribution in [2.45, 2.75) is 59.4 Å². The average Bonchev–Trinajstić information content (AvgIpc) is 2.73. The van der Waals surface area contributed by atoms with E-state index in [9.17, 15) is 4.79 Å². The van der Waals surface area contributed by atoms with E-state index in [1.54, 1.807) is 0 Å². The van der Waals surface area contributed by atoms with Crippen LogP contribution in [0.3, 0.4) is 0 Å². The van der Waals surface area contributed by atoms with Gasteiger partial charge in [-0.15, -0.1) is 0 Å². The molecule has 1 heterocycles. The van der Waals surface area contributed by atoms with E-state index in [4.69, 9.17) is 0 Å². The lowest BCUT2D eigenvalue weighted by Gasteiger charge is -2.26. The van der Waals surface area contributed by atoms with Gasteiger partial charge in [-0.05, 0) is 24.7 Å². The minimum absolute atomic E-state index is 0.321. The molecule has 1 aliphatic heterocycles. The van der Waals surface area contributed by atoms with Crippen LogP contribution >= 0.6 is 0 Å². The maximum Gasteiger partial charge on any atom is 0.223 e. The van der Waals surface area contributed by atoms with Crippen LogP contribution in [0.15, 0.2) is 0 Å². The predicted molar refractivity (Wildman–Crippen MR) is 72.0 cm³/mol. The third kappa shape index (κ3) is 3.98. The fourth-order valence-electron chi connectivity index (χ4n) is 2.60. The first-order chi connectivity index (χ1) is 8.03. The van der Waals surface area contributed by atoms with Crippen LogP contribution in [-0.2, 0) is 4.79 Å². The van der Waals surface area contributed by atoms with Crippen LogP contribution in [0.4, 0.5) is 0 Å². The molecule has 0 aromatic heterocycles. The van der Waals surface area contributed by atoms with Gasteiger partial charge in [0.15, 0.2) is 0 Å². The van der Waals surface area contributed by atoms with Gasteiger partial charge in [0.2, 0.25) is 5.91 Å². The lowest BCUT2D eigenvalue weighted by Crippen LogP contribution is -2.34. The SMILES string of the molecule is CCC1(CC)CCN(C(=O)CCNC(C)C)C1. The summed E-state index contributed by atoms with van der Waals surface area (Å²) < 4.78 is 0. The van der Waals surface area contributed by atoms with Crippen molar-refractivity contribution in [1.82, 2.24) is 10.2 Å². The molecule has 0 saturated carbocycles. The highest BCUT2D eigenvalue weighted by atomic mass is 16.2. The second-order valence-corrected chi connectivity index (χ2v) is 5.63. The first-order valence-corrected chi connectivity index (χ1v) is 7.04. The number of carbonyl (C=O) groups excluding carboxylic acids is 1. The Labute approximate surface area is 106 Å². The maximum absolute atomic E-state index is 12.0. The van der Waals surface area contributed by atoms with Gasteiger partial charge in [-0.1, -0.05) is 27.7 Å². The summed E-state index contributed by atoms with van der Waals surface area (Å²) in [6, 6.07) is 0.465. The zero-order valence-electron chi connectivity index (χ0n) is 11.9. The monoisotopic (exact) mass is 240 g/mol. The molecule has 3 heteroatoms. The van der Waals surface area contributed by atoms with Gasteiger partial charge in [0, 0.05) is 32.1 Å². The molecule has 0 unspecified atom stereocenters. The summed E-state index contributed by atoms with van der Waals surface area (Å²) in [6.07, 6.45) is 4.21. The highest BCUT2D eigenvalue weighted by molar-refractivity contribution is 5.76. The van der Waals surface area contributed by atoms with Crippen molar-refractivity contribution in [2.24, 2.45) is 5.41 Å². The molecular formula is C14H28N2O. The molecule has 1 amide bonds. The van der Waals surface area contributed by atoms with Crippen LogP contribution < -0.4 is 5.32 Å². The average molecular weight is 240 g/mol. The summed E-state index contributed by atoms with van der Waals surface area (Å²) in [7, 11) is 0. The molecule has 0 spiro atoms. The molecule has 0 radical (unpaired) electrons. The standard InChI is InChI=1S/C14H28N2O/c1-5-14(6-2)8-10-16(11-14)13(17)7-9-15-12(3)4/h12,15H,5-11H2,1-4H3. The second kappa shape index (κ2) is 6.39. The van der Waals surface area contributed by atoms with Gasteiger partial charge in [-0.3, -0.25) is 4.79 Å². The van der Waals surface area contributed by atoms with Gasteiger partial charge in [0.05, 0.1) is 0 Å². The lowest BCUT2D eigenvalue weighted by atomic mass is 9.82. The molecule has 1 aliphatic rings. The summed E-state index contributed by atoms with van der Waals surface area (Å²) in [5.41, 5.74) is 0.404. The number of hydrogen-bond donors (Lipinski definition) is 1. The van der Waals surface area contributed by atoms with E-state index in [0.717, 1.165) is 19.6 Å². The van der Waals surface area contributed by atoms with Crippen molar-refractivity contribution in [3.05, 3.63) is 0 Å². The third-order valence-electron chi connectivity index (χ3n) is 4.18. The molecule has 100 valence electrons. The highest BCUT2D eigenvalue weighted by Crippen LogP contribution is 2.36. The smallest absolute Gasteiger partial charge is 0.223 e. The van der Waals surface area contributed by atoms with E-state index in [1.165, 1.54) is 19.3 Å². The fourth-order valence-corrected chi connectivity index (χ4v) is 2.60. The van der Waals surface area contributed by atoms with E-state index in [1.807, 2.05) is 0 Å². The van der Waals surface area contributed by atoms with Crippen molar-refractivity contribution in [2.75, 3.05) is 19.6 Å². The lowest BCUT2D eigenvalue weighted by molar-refractivity contribution is -0.130. The van der Waals surface area contributed by atoms with Crippen LogP contribution in [0.1, 0.15) is 53.4 Å².